The number of rotatable bonds is 0. The van der Waals surface area contributed by atoms with Gasteiger partial charge in [-0.2, -0.15) is 0 Å². The Morgan fingerprint density at radius 2 is 1.60 bits per heavy atom. The van der Waals surface area contributed by atoms with Crippen LogP contribution in [-0.4, -0.2) is 18.6 Å². The Bertz CT molecular complexity index is 94.3. The number of carbonyl (C=O) groups is 1. The first-order chi connectivity index (χ1) is 4.42. The van der Waals surface area contributed by atoms with Gasteiger partial charge in [0.05, 0.1) is 0 Å². The lowest BCUT2D eigenvalue weighted by atomic mass is 10.2. The maximum Gasteiger partial charge on any atom is 0.303 e. The van der Waals surface area contributed by atoms with Crippen LogP contribution in [0.3, 0.4) is 0 Å². The van der Waals surface area contributed by atoms with Crippen LogP contribution in [0.5, 0.6) is 0 Å². The lowest BCUT2D eigenvalue weighted by Crippen LogP contribution is -2.21. The van der Waals surface area contributed by atoms with Gasteiger partial charge in [-0.05, 0) is 27.8 Å². The molecule has 0 aliphatic rings. The molecule has 0 unspecified atom stereocenters. The number of hydrogen-bond acceptors (Lipinski definition) is 3. The van der Waals surface area contributed by atoms with Crippen LogP contribution in [0, 0.1) is 0 Å². The number of ether oxygens (including phenoxy) is 1. The summed E-state index contributed by atoms with van der Waals surface area (Å²) < 4.78 is 4.80. The largest absolute Gasteiger partial charge is 0.460 e. The third-order valence-electron chi connectivity index (χ3n) is 0.450. The summed E-state index contributed by atoms with van der Waals surface area (Å²) in [5, 5.41) is 0. The van der Waals surface area contributed by atoms with Gasteiger partial charge in [-0.15, -0.1) is 0 Å². The molecule has 0 rings (SSSR count). The maximum atomic E-state index is 10.2. The number of nitrogens with two attached hydrogens (primary N) is 1. The molecule has 62 valence electrons. The number of esters is 1. The van der Waals surface area contributed by atoms with Crippen molar-refractivity contribution >= 4 is 5.97 Å². The first-order valence-electron chi connectivity index (χ1n) is 3.19. The molecular weight excluding hydrogens is 130 g/mol. The third kappa shape index (κ3) is 15.7. The van der Waals surface area contributed by atoms with E-state index in [0.29, 0.717) is 0 Å². The van der Waals surface area contributed by atoms with Gasteiger partial charge in [0, 0.05) is 6.92 Å². The predicted octanol–water partition coefficient (Wildman–Crippen LogP) is 0.923. The Labute approximate surface area is 62.5 Å². The van der Waals surface area contributed by atoms with E-state index in [1.54, 1.807) is 0 Å². The molecule has 0 amide bonds. The minimum absolute atomic E-state index is 0.225. The van der Waals surface area contributed by atoms with Crippen LogP contribution in [0.2, 0.25) is 0 Å². The summed E-state index contributed by atoms with van der Waals surface area (Å²) in [7, 11) is 1.50. The first kappa shape index (κ1) is 12.1. The highest BCUT2D eigenvalue weighted by Crippen LogP contribution is 2.05. The van der Waals surface area contributed by atoms with Gasteiger partial charge in [0.2, 0.25) is 0 Å². The Morgan fingerprint density at radius 1 is 1.30 bits per heavy atom. The van der Waals surface area contributed by atoms with Gasteiger partial charge in [-0.1, -0.05) is 0 Å². The van der Waals surface area contributed by atoms with Crippen LogP contribution >= 0.6 is 0 Å². The Balaban J connectivity index is 0. The van der Waals surface area contributed by atoms with Gasteiger partial charge in [-0.3, -0.25) is 4.79 Å². The van der Waals surface area contributed by atoms with Crippen LogP contribution in [-0.2, 0) is 9.53 Å². The molecule has 10 heavy (non-hydrogen) atoms. The van der Waals surface area contributed by atoms with Gasteiger partial charge in [-0.25, -0.2) is 0 Å². The summed E-state index contributed by atoms with van der Waals surface area (Å²) >= 11 is 0. The van der Waals surface area contributed by atoms with Gasteiger partial charge >= 0.3 is 5.97 Å². The maximum absolute atomic E-state index is 10.2. The van der Waals surface area contributed by atoms with Crippen LogP contribution in [0.4, 0.5) is 0 Å². The standard InChI is InChI=1S/C6H12O2.CH5N/c1-5(7)8-6(2,3)4;1-2/h1-4H3;2H2,1H3. The van der Waals surface area contributed by atoms with E-state index in [2.05, 4.69) is 5.73 Å². The van der Waals surface area contributed by atoms with E-state index >= 15 is 0 Å². The molecule has 0 bridgehead atoms. The summed E-state index contributed by atoms with van der Waals surface area (Å²) in [5.41, 5.74) is 4.17. The summed E-state index contributed by atoms with van der Waals surface area (Å²) in [5.74, 6) is -0.225. The molecule has 0 aromatic heterocycles. The fraction of sp³-hybridized carbons (Fsp3) is 0.857. The van der Waals surface area contributed by atoms with E-state index in [-0.39, 0.29) is 11.6 Å². The zero-order chi connectivity index (χ0) is 8.78. The average Bonchev–Trinajstić information content (AvgIpc) is 1.64. The summed E-state index contributed by atoms with van der Waals surface area (Å²) in [6, 6.07) is 0. The molecule has 0 saturated heterocycles. The van der Waals surface area contributed by atoms with E-state index in [1.807, 2.05) is 20.8 Å². The van der Waals surface area contributed by atoms with Crippen molar-refractivity contribution in [2.45, 2.75) is 33.3 Å². The van der Waals surface area contributed by atoms with Crippen LogP contribution in [0.15, 0.2) is 0 Å². The molecule has 0 fully saturated rings. The van der Waals surface area contributed by atoms with Gasteiger partial charge in [0.1, 0.15) is 5.60 Å². The monoisotopic (exact) mass is 147 g/mol. The van der Waals surface area contributed by atoms with Crippen molar-refractivity contribution in [3.8, 4) is 0 Å². The first-order valence-corrected chi connectivity index (χ1v) is 3.19. The van der Waals surface area contributed by atoms with E-state index in [0.717, 1.165) is 0 Å². The highest BCUT2D eigenvalue weighted by molar-refractivity contribution is 5.66. The van der Waals surface area contributed by atoms with Gasteiger partial charge in [0.25, 0.3) is 0 Å². The molecule has 3 heteroatoms. The zero-order valence-corrected chi connectivity index (χ0v) is 7.39. The summed E-state index contributed by atoms with van der Waals surface area (Å²) in [6.07, 6.45) is 0. The molecule has 0 heterocycles. The van der Waals surface area contributed by atoms with Crippen molar-refractivity contribution in [1.82, 2.24) is 0 Å². The predicted molar refractivity (Wildman–Crippen MR) is 41.6 cm³/mol. The molecular formula is C7H17NO2. The Morgan fingerprint density at radius 3 is 1.60 bits per heavy atom. The topological polar surface area (TPSA) is 52.3 Å². The molecule has 0 radical (unpaired) electrons. The molecule has 0 aromatic carbocycles. The summed E-state index contributed by atoms with van der Waals surface area (Å²) in [6.45, 7) is 6.93. The van der Waals surface area contributed by atoms with Gasteiger partial charge < -0.3 is 10.5 Å². The van der Waals surface area contributed by atoms with E-state index in [9.17, 15) is 4.79 Å². The lowest BCUT2D eigenvalue weighted by molar-refractivity contribution is -0.151. The van der Waals surface area contributed by atoms with E-state index < -0.39 is 0 Å². The zero-order valence-electron chi connectivity index (χ0n) is 7.39. The second-order valence-corrected chi connectivity index (χ2v) is 2.71. The Hall–Kier alpha value is -0.570. The molecule has 0 aliphatic heterocycles. The molecule has 0 atom stereocenters. The normalized spacial score (nSPS) is 9.40. The fourth-order valence-electron chi connectivity index (χ4n) is 0.431. The molecule has 0 aliphatic carbocycles. The van der Waals surface area contributed by atoms with Crippen molar-refractivity contribution in [1.29, 1.82) is 0 Å². The van der Waals surface area contributed by atoms with Crippen molar-refractivity contribution in [3.05, 3.63) is 0 Å². The quantitative estimate of drug-likeness (QED) is 0.518. The van der Waals surface area contributed by atoms with Crippen molar-refractivity contribution in [2.24, 2.45) is 5.73 Å². The average molecular weight is 147 g/mol. The second-order valence-electron chi connectivity index (χ2n) is 2.71. The fourth-order valence-corrected chi connectivity index (χ4v) is 0.431. The van der Waals surface area contributed by atoms with Crippen molar-refractivity contribution < 1.29 is 9.53 Å². The van der Waals surface area contributed by atoms with E-state index in [1.165, 1.54) is 14.0 Å². The van der Waals surface area contributed by atoms with Crippen LogP contribution in [0.1, 0.15) is 27.7 Å². The molecule has 3 nitrogen and oxygen atoms in total. The number of carbonyl (C=O) groups excluding carboxylic acids is 1. The SMILES string of the molecule is CC(=O)OC(C)(C)C.CN. The molecule has 0 saturated carbocycles. The van der Waals surface area contributed by atoms with Crippen molar-refractivity contribution in [2.75, 3.05) is 7.05 Å². The minimum atomic E-state index is -0.328. The lowest BCUT2D eigenvalue weighted by Gasteiger charge is -2.17. The molecule has 0 spiro atoms. The van der Waals surface area contributed by atoms with Crippen molar-refractivity contribution in [3.63, 3.8) is 0 Å². The third-order valence-corrected chi connectivity index (χ3v) is 0.450. The molecule has 2 N–H and O–H groups in total. The van der Waals surface area contributed by atoms with Gasteiger partial charge in [0.15, 0.2) is 0 Å². The van der Waals surface area contributed by atoms with E-state index in [4.69, 9.17) is 4.74 Å². The Kier molecular flexibility index (Phi) is 6.35. The van der Waals surface area contributed by atoms with Crippen LogP contribution in [0.25, 0.3) is 0 Å². The minimum Gasteiger partial charge on any atom is -0.460 e. The van der Waals surface area contributed by atoms with Crippen LogP contribution < -0.4 is 5.73 Å². The second kappa shape index (κ2) is 5.23. The smallest absolute Gasteiger partial charge is 0.303 e. The highest BCUT2D eigenvalue weighted by atomic mass is 16.6. The summed E-state index contributed by atoms with van der Waals surface area (Å²) in [4.78, 5) is 10.2. The molecule has 0 aromatic rings. The number of hydrogen-bond donors (Lipinski definition) is 1. The highest BCUT2D eigenvalue weighted by Gasteiger charge is 2.11.